The van der Waals surface area contributed by atoms with Gasteiger partial charge in [-0.15, -0.1) is 0 Å². The monoisotopic (exact) mass is 295 g/mol. The average molecular weight is 295 g/mol. The SMILES string of the molecule is CCOC(=O)C(C)(C)c1ccc(C2(N)CCOC2)c(F)c1. The fourth-order valence-corrected chi connectivity index (χ4v) is 2.53. The van der Waals surface area contributed by atoms with Gasteiger partial charge in [-0.2, -0.15) is 0 Å². The van der Waals surface area contributed by atoms with E-state index in [4.69, 9.17) is 15.2 Å². The molecule has 5 heteroatoms. The molecule has 0 spiro atoms. The van der Waals surface area contributed by atoms with Crippen LogP contribution in [0.4, 0.5) is 4.39 Å². The fraction of sp³-hybridized carbons (Fsp3) is 0.562. The van der Waals surface area contributed by atoms with Crippen LogP contribution in [0.5, 0.6) is 0 Å². The highest BCUT2D eigenvalue weighted by atomic mass is 19.1. The highest BCUT2D eigenvalue weighted by molar-refractivity contribution is 5.82. The largest absolute Gasteiger partial charge is 0.465 e. The van der Waals surface area contributed by atoms with Crippen LogP contribution in [0.2, 0.25) is 0 Å². The number of benzene rings is 1. The molecule has 21 heavy (non-hydrogen) atoms. The Balaban J connectivity index is 2.33. The maximum Gasteiger partial charge on any atom is 0.315 e. The molecule has 2 rings (SSSR count). The highest BCUT2D eigenvalue weighted by Crippen LogP contribution is 2.33. The smallest absolute Gasteiger partial charge is 0.315 e. The Morgan fingerprint density at radius 3 is 2.76 bits per heavy atom. The maximum absolute atomic E-state index is 14.4. The Hall–Kier alpha value is -1.46. The number of nitrogens with two attached hydrogens (primary N) is 1. The summed E-state index contributed by atoms with van der Waals surface area (Å²) in [7, 11) is 0. The van der Waals surface area contributed by atoms with Crippen molar-refractivity contribution in [3.05, 3.63) is 35.1 Å². The molecule has 0 bridgehead atoms. The third-order valence-electron chi connectivity index (χ3n) is 4.07. The van der Waals surface area contributed by atoms with E-state index in [-0.39, 0.29) is 5.97 Å². The molecule has 1 heterocycles. The van der Waals surface area contributed by atoms with Gasteiger partial charge in [-0.1, -0.05) is 12.1 Å². The zero-order valence-electron chi connectivity index (χ0n) is 12.7. The first-order chi connectivity index (χ1) is 9.81. The van der Waals surface area contributed by atoms with E-state index in [2.05, 4.69) is 0 Å². The molecule has 1 aromatic carbocycles. The van der Waals surface area contributed by atoms with Gasteiger partial charge in [0.2, 0.25) is 0 Å². The number of carbonyl (C=O) groups is 1. The van der Waals surface area contributed by atoms with Gasteiger partial charge in [0.05, 0.1) is 24.2 Å². The van der Waals surface area contributed by atoms with E-state index in [0.29, 0.717) is 37.4 Å². The van der Waals surface area contributed by atoms with Crippen LogP contribution in [-0.2, 0) is 25.2 Å². The van der Waals surface area contributed by atoms with E-state index in [1.807, 2.05) is 0 Å². The predicted octanol–water partition coefficient (Wildman–Crippen LogP) is 2.24. The standard InChI is InChI=1S/C16H22FNO3/c1-4-21-14(19)15(2,3)11-5-6-12(13(17)9-11)16(18)7-8-20-10-16/h5-6,9H,4,7-8,10,18H2,1-3H3. The van der Waals surface area contributed by atoms with Gasteiger partial charge < -0.3 is 15.2 Å². The Morgan fingerprint density at radius 2 is 2.24 bits per heavy atom. The third-order valence-corrected chi connectivity index (χ3v) is 4.07. The molecule has 2 N–H and O–H groups in total. The quantitative estimate of drug-likeness (QED) is 0.865. The van der Waals surface area contributed by atoms with Gasteiger partial charge in [0.15, 0.2) is 0 Å². The molecule has 1 aliphatic heterocycles. The van der Waals surface area contributed by atoms with Crippen LogP contribution >= 0.6 is 0 Å². The van der Waals surface area contributed by atoms with Crippen LogP contribution in [0.1, 0.15) is 38.3 Å². The van der Waals surface area contributed by atoms with E-state index in [1.165, 1.54) is 6.07 Å². The second-order valence-corrected chi connectivity index (χ2v) is 6.00. The molecule has 0 amide bonds. The molecule has 1 aliphatic rings. The van der Waals surface area contributed by atoms with Crippen LogP contribution in [-0.4, -0.2) is 25.8 Å². The van der Waals surface area contributed by atoms with Crippen molar-refractivity contribution in [3.63, 3.8) is 0 Å². The average Bonchev–Trinajstić information content (AvgIpc) is 2.86. The molecule has 1 atom stereocenters. The lowest BCUT2D eigenvalue weighted by atomic mass is 9.82. The highest BCUT2D eigenvalue weighted by Gasteiger charge is 2.37. The first kappa shape index (κ1) is 15.9. The topological polar surface area (TPSA) is 61.5 Å². The first-order valence-corrected chi connectivity index (χ1v) is 7.15. The lowest BCUT2D eigenvalue weighted by Gasteiger charge is -2.26. The van der Waals surface area contributed by atoms with E-state index in [9.17, 15) is 9.18 Å². The number of rotatable bonds is 4. The minimum absolute atomic E-state index is 0.298. The van der Waals surface area contributed by atoms with Crippen LogP contribution < -0.4 is 5.73 Å². The number of ether oxygens (including phenoxy) is 2. The van der Waals surface area contributed by atoms with E-state index < -0.39 is 16.8 Å². The molecule has 0 saturated carbocycles. The van der Waals surface area contributed by atoms with Gasteiger partial charge in [-0.05, 0) is 38.8 Å². The predicted molar refractivity (Wildman–Crippen MR) is 77.4 cm³/mol. The zero-order valence-corrected chi connectivity index (χ0v) is 12.7. The molecule has 1 fully saturated rings. The van der Waals surface area contributed by atoms with Gasteiger partial charge in [0.1, 0.15) is 5.82 Å². The van der Waals surface area contributed by atoms with Crippen LogP contribution in [0.25, 0.3) is 0 Å². The summed E-state index contributed by atoms with van der Waals surface area (Å²) >= 11 is 0. The summed E-state index contributed by atoms with van der Waals surface area (Å²) in [4.78, 5) is 12.0. The number of hydrogen-bond acceptors (Lipinski definition) is 4. The van der Waals surface area contributed by atoms with Crippen molar-refractivity contribution in [1.29, 1.82) is 0 Å². The third kappa shape index (κ3) is 2.94. The molecule has 116 valence electrons. The summed E-state index contributed by atoms with van der Waals surface area (Å²) in [6, 6.07) is 4.77. The van der Waals surface area contributed by atoms with Crippen LogP contribution in [0.15, 0.2) is 18.2 Å². The van der Waals surface area contributed by atoms with Gasteiger partial charge in [-0.3, -0.25) is 4.79 Å². The second kappa shape index (κ2) is 5.73. The Labute approximate surface area is 124 Å². The first-order valence-electron chi connectivity index (χ1n) is 7.15. The van der Waals surface area contributed by atoms with Crippen molar-refractivity contribution in [3.8, 4) is 0 Å². The minimum Gasteiger partial charge on any atom is -0.465 e. The van der Waals surface area contributed by atoms with Crippen LogP contribution in [0, 0.1) is 5.82 Å². The molecule has 1 saturated heterocycles. The Morgan fingerprint density at radius 1 is 1.52 bits per heavy atom. The number of esters is 1. The lowest BCUT2D eigenvalue weighted by Crippen LogP contribution is -2.38. The van der Waals surface area contributed by atoms with Gasteiger partial charge in [-0.25, -0.2) is 4.39 Å². The number of hydrogen-bond donors (Lipinski definition) is 1. The van der Waals surface area contributed by atoms with Gasteiger partial charge >= 0.3 is 5.97 Å². The lowest BCUT2D eigenvalue weighted by molar-refractivity contribution is -0.148. The number of carbonyl (C=O) groups excluding carboxylic acids is 1. The molecule has 0 radical (unpaired) electrons. The molecular formula is C16H22FNO3. The van der Waals surface area contributed by atoms with Crippen molar-refractivity contribution in [2.24, 2.45) is 5.73 Å². The fourth-order valence-electron chi connectivity index (χ4n) is 2.53. The molecule has 1 aromatic rings. The normalized spacial score (nSPS) is 22.3. The van der Waals surface area contributed by atoms with E-state index in [1.54, 1.807) is 32.9 Å². The molecule has 0 aromatic heterocycles. The maximum atomic E-state index is 14.4. The summed E-state index contributed by atoms with van der Waals surface area (Å²) in [5.74, 6) is -0.776. The van der Waals surface area contributed by atoms with Gasteiger partial charge in [0, 0.05) is 12.2 Å². The van der Waals surface area contributed by atoms with E-state index >= 15 is 0 Å². The summed E-state index contributed by atoms with van der Waals surface area (Å²) in [6.45, 7) is 6.32. The second-order valence-electron chi connectivity index (χ2n) is 6.00. The minimum atomic E-state index is -0.899. The summed E-state index contributed by atoms with van der Waals surface area (Å²) in [5.41, 5.74) is 5.52. The Bertz CT molecular complexity index is 536. The molecule has 0 aliphatic carbocycles. The summed E-state index contributed by atoms with van der Waals surface area (Å²) < 4.78 is 24.8. The number of halogens is 1. The summed E-state index contributed by atoms with van der Waals surface area (Å²) in [6.07, 6.45) is 0.588. The molecule has 4 nitrogen and oxygen atoms in total. The Kier molecular flexibility index (Phi) is 4.35. The van der Waals surface area contributed by atoms with Crippen molar-refractivity contribution < 1.29 is 18.7 Å². The van der Waals surface area contributed by atoms with Gasteiger partial charge in [0.25, 0.3) is 0 Å². The van der Waals surface area contributed by atoms with Crippen molar-refractivity contribution in [1.82, 2.24) is 0 Å². The summed E-state index contributed by atoms with van der Waals surface area (Å²) in [5, 5.41) is 0. The van der Waals surface area contributed by atoms with Crippen molar-refractivity contribution >= 4 is 5.97 Å². The molecular weight excluding hydrogens is 273 g/mol. The van der Waals surface area contributed by atoms with Crippen molar-refractivity contribution in [2.75, 3.05) is 19.8 Å². The van der Waals surface area contributed by atoms with Crippen molar-refractivity contribution in [2.45, 2.75) is 38.1 Å². The van der Waals surface area contributed by atoms with Crippen LogP contribution in [0.3, 0.4) is 0 Å². The van der Waals surface area contributed by atoms with E-state index in [0.717, 1.165) is 0 Å². The zero-order chi connectivity index (χ0) is 15.7. The molecule has 1 unspecified atom stereocenters.